The van der Waals surface area contributed by atoms with Crippen LogP contribution in [0.3, 0.4) is 0 Å². The standard InChI is InChI=1S/C23H28N2O3/c1-4-28-21-11-9-18(10-12-21)14-24(3)23(27)20-13-22(26)25(16-20)15-19-7-5-17(2)6-8-19/h5-12,20H,4,13-16H2,1-3H3. The Morgan fingerprint density at radius 3 is 2.39 bits per heavy atom. The molecule has 0 radical (unpaired) electrons. The van der Waals surface area contributed by atoms with Gasteiger partial charge in [0.15, 0.2) is 0 Å². The molecule has 1 heterocycles. The molecule has 0 saturated carbocycles. The minimum atomic E-state index is -0.273. The number of aryl methyl sites for hydroxylation is 1. The summed E-state index contributed by atoms with van der Waals surface area (Å²) in [6.45, 7) is 6.19. The van der Waals surface area contributed by atoms with Gasteiger partial charge in [0.2, 0.25) is 11.8 Å². The number of likely N-dealkylation sites (tertiary alicyclic amines) is 1. The van der Waals surface area contributed by atoms with Gasteiger partial charge >= 0.3 is 0 Å². The summed E-state index contributed by atoms with van der Waals surface area (Å²) in [5.41, 5.74) is 3.33. The van der Waals surface area contributed by atoms with Gasteiger partial charge in [0, 0.05) is 33.1 Å². The van der Waals surface area contributed by atoms with Crippen LogP contribution in [0.1, 0.15) is 30.0 Å². The number of ether oxygens (including phenoxy) is 1. The summed E-state index contributed by atoms with van der Waals surface area (Å²) in [7, 11) is 1.80. The molecule has 28 heavy (non-hydrogen) atoms. The minimum Gasteiger partial charge on any atom is -0.494 e. The Morgan fingerprint density at radius 2 is 1.75 bits per heavy atom. The van der Waals surface area contributed by atoms with Crippen molar-refractivity contribution in [1.29, 1.82) is 0 Å². The van der Waals surface area contributed by atoms with E-state index in [9.17, 15) is 9.59 Å². The molecule has 0 N–H and O–H groups in total. The lowest BCUT2D eigenvalue weighted by Crippen LogP contribution is -2.34. The number of hydrogen-bond acceptors (Lipinski definition) is 3. The second-order valence-corrected chi connectivity index (χ2v) is 7.43. The minimum absolute atomic E-state index is 0.0219. The highest BCUT2D eigenvalue weighted by molar-refractivity contribution is 5.89. The maximum atomic E-state index is 12.8. The molecule has 1 saturated heterocycles. The normalized spacial score (nSPS) is 16.3. The number of carbonyl (C=O) groups excluding carboxylic acids is 2. The zero-order valence-corrected chi connectivity index (χ0v) is 16.9. The molecule has 0 aliphatic carbocycles. The Labute approximate surface area is 166 Å². The van der Waals surface area contributed by atoms with Crippen LogP contribution in [0.2, 0.25) is 0 Å². The molecule has 1 fully saturated rings. The molecule has 1 unspecified atom stereocenters. The number of carbonyl (C=O) groups is 2. The Kier molecular flexibility index (Phi) is 6.34. The Bertz CT molecular complexity index is 815. The third-order valence-electron chi connectivity index (χ3n) is 5.09. The lowest BCUT2D eigenvalue weighted by atomic mass is 10.1. The average molecular weight is 380 g/mol. The first kappa shape index (κ1) is 19.9. The van der Waals surface area contributed by atoms with Gasteiger partial charge in [0.25, 0.3) is 0 Å². The van der Waals surface area contributed by atoms with Crippen LogP contribution >= 0.6 is 0 Å². The van der Waals surface area contributed by atoms with E-state index in [1.165, 1.54) is 5.56 Å². The van der Waals surface area contributed by atoms with Crippen LogP contribution in [0.5, 0.6) is 5.75 Å². The highest BCUT2D eigenvalue weighted by Crippen LogP contribution is 2.23. The van der Waals surface area contributed by atoms with Gasteiger partial charge < -0.3 is 14.5 Å². The van der Waals surface area contributed by atoms with E-state index >= 15 is 0 Å². The topological polar surface area (TPSA) is 49.9 Å². The molecule has 1 aliphatic rings. The first-order valence-corrected chi connectivity index (χ1v) is 9.76. The smallest absolute Gasteiger partial charge is 0.228 e. The van der Waals surface area contributed by atoms with Crippen LogP contribution in [0.25, 0.3) is 0 Å². The van der Waals surface area contributed by atoms with Crippen LogP contribution in [-0.2, 0) is 22.7 Å². The van der Waals surface area contributed by atoms with E-state index in [0.717, 1.165) is 16.9 Å². The molecule has 3 rings (SSSR count). The SMILES string of the molecule is CCOc1ccc(CN(C)C(=O)C2CC(=O)N(Cc3ccc(C)cc3)C2)cc1. The molecular weight excluding hydrogens is 352 g/mol. The van der Waals surface area contributed by atoms with Crippen molar-refractivity contribution in [3.8, 4) is 5.75 Å². The molecular formula is C23H28N2O3. The van der Waals surface area contributed by atoms with Crippen LogP contribution in [-0.4, -0.2) is 41.8 Å². The molecule has 5 heteroatoms. The zero-order chi connectivity index (χ0) is 20.1. The molecule has 2 aromatic carbocycles. The molecule has 1 aliphatic heterocycles. The summed E-state index contributed by atoms with van der Waals surface area (Å²) in [6, 6.07) is 15.9. The van der Waals surface area contributed by atoms with Gasteiger partial charge in [-0.2, -0.15) is 0 Å². The van der Waals surface area contributed by atoms with Crippen molar-refractivity contribution in [2.24, 2.45) is 5.92 Å². The van der Waals surface area contributed by atoms with E-state index in [1.807, 2.05) is 62.4 Å². The van der Waals surface area contributed by atoms with E-state index < -0.39 is 0 Å². The second-order valence-electron chi connectivity index (χ2n) is 7.43. The molecule has 148 valence electrons. The molecule has 2 aromatic rings. The summed E-state index contributed by atoms with van der Waals surface area (Å²) in [5.74, 6) is 0.626. The summed E-state index contributed by atoms with van der Waals surface area (Å²) in [5, 5.41) is 0. The summed E-state index contributed by atoms with van der Waals surface area (Å²) < 4.78 is 5.45. The summed E-state index contributed by atoms with van der Waals surface area (Å²) in [6.07, 6.45) is 0.290. The molecule has 2 amide bonds. The van der Waals surface area contributed by atoms with Crippen LogP contribution in [0, 0.1) is 12.8 Å². The van der Waals surface area contributed by atoms with Crippen molar-refractivity contribution < 1.29 is 14.3 Å². The first-order chi connectivity index (χ1) is 13.5. The van der Waals surface area contributed by atoms with E-state index in [0.29, 0.717) is 26.2 Å². The predicted octanol–water partition coefficient (Wildman–Crippen LogP) is 3.40. The fraction of sp³-hybridized carbons (Fsp3) is 0.391. The monoisotopic (exact) mass is 380 g/mol. The Morgan fingerprint density at radius 1 is 1.11 bits per heavy atom. The van der Waals surface area contributed by atoms with Crippen molar-refractivity contribution in [3.05, 3.63) is 65.2 Å². The summed E-state index contributed by atoms with van der Waals surface area (Å²) in [4.78, 5) is 28.7. The Hall–Kier alpha value is -2.82. The molecule has 0 spiro atoms. The summed E-state index contributed by atoms with van der Waals surface area (Å²) >= 11 is 0. The molecule has 0 bridgehead atoms. The van der Waals surface area contributed by atoms with Crippen molar-refractivity contribution in [2.45, 2.75) is 33.4 Å². The lowest BCUT2D eigenvalue weighted by Gasteiger charge is -2.22. The van der Waals surface area contributed by atoms with Crippen molar-refractivity contribution in [3.63, 3.8) is 0 Å². The maximum absolute atomic E-state index is 12.8. The van der Waals surface area contributed by atoms with Crippen LogP contribution in [0.15, 0.2) is 48.5 Å². The number of rotatable bonds is 7. The van der Waals surface area contributed by atoms with Crippen LogP contribution < -0.4 is 4.74 Å². The average Bonchev–Trinajstić information content (AvgIpc) is 3.05. The van der Waals surface area contributed by atoms with Gasteiger partial charge in [-0.05, 0) is 37.1 Å². The maximum Gasteiger partial charge on any atom is 0.228 e. The fourth-order valence-corrected chi connectivity index (χ4v) is 3.53. The molecule has 5 nitrogen and oxygen atoms in total. The highest BCUT2D eigenvalue weighted by atomic mass is 16.5. The predicted molar refractivity (Wildman–Crippen MR) is 109 cm³/mol. The second kappa shape index (κ2) is 8.91. The van der Waals surface area contributed by atoms with Crippen molar-refractivity contribution in [1.82, 2.24) is 9.80 Å². The van der Waals surface area contributed by atoms with Gasteiger partial charge in [-0.15, -0.1) is 0 Å². The van der Waals surface area contributed by atoms with E-state index in [-0.39, 0.29) is 24.2 Å². The lowest BCUT2D eigenvalue weighted by molar-refractivity contribution is -0.135. The third kappa shape index (κ3) is 4.91. The largest absolute Gasteiger partial charge is 0.494 e. The van der Waals surface area contributed by atoms with Gasteiger partial charge in [0.05, 0.1) is 12.5 Å². The number of amides is 2. The number of benzene rings is 2. The molecule has 1 atom stereocenters. The van der Waals surface area contributed by atoms with Gasteiger partial charge in [-0.3, -0.25) is 9.59 Å². The van der Waals surface area contributed by atoms with Gasteiger partial charge in [-0.1, -0.05) is 42.0 Å². The Balaban J connectivity index is 1.56. The molecule has 0 aromatic heterocycles. The van der Waals surface area contributed by atoms with Crippen LogP contribution in [0.4, 0.5) is 0 Å². The van der Waals surface area contributed by atoms with Crippen molar-refractivity contribution in [2.75, 3.05) is 20.2 Å². The number of hydrogen-bond donors (Lipinski definition) is 0. The number of nitrogens with zero attached hydrogens (tertiary/aromatic N) is 2. The van der Waals surface area contributed by atoms with E-state index in [1.54, 1.807) is 16.8 Å². The van der Waals surface area contributed by atoms with E-state index in [4.69, 9.17) is 4.74 Å². The van der Waals surface area contributed by atoms with Gasteiger partial charge in [-0.25, -0.2) is 0 Å². The first-order valence-electron chi connectivity index (χ1n) is 9.76. The van der Waals surface area contributed by atoms with Crippen molar-refractivity contribution >= 4 is 11.8 Å². The fourth-order valence-electron chi connectivity index (χ4n) is 3.53. The third-order valence-corrected chi connectivity index (χ3v) is 5.09. The van der Waals surface area contributed by atoms with E-state index in [2.05, 4.69) is 0 Å². The zero-order valence-electron chi connectivity index (χ0n) is 16.9. The van der Waals surface area contributed by atoms with Gasteiger partial charge in [0.1, 0.15) is 5.75 Å². The highest BCUT2D eigenvalue weighted by Gasteiger charge is 2.35. The quantitative estimate of drug-likeness (QED) is 0.740.